The first-order valence-corrected chi connectivity index (χ1v) is 8.14. The summed E-state index contributed by atoms with van der Waals surface area (Å²) in [6.07, 6.45) is 0.519. The lowest BCUT2D eigenvalue weighted by Crippen LogP contribution is -2.19. The zero-order chi connectivity index (χ0) is 15.0. The number of rotatable bonds is 5. The van der Waals surface area contributed by atoms with Crippen LogP contribution in [-0.4, -0.2) is 21.3 Å². The van der Waals surface area contributed by atoms with Crippen LogP contribution in [0.2, 0.25) is 0 Å². The Bertz CT molecular complexity index is 756. The Morgan fingerprint density at radius 3 is 2.90 bits per heavy atom. The topological polar surface area (TPSA) is 76.2 Å². The molecular formula is C14H14N2O3S2. The van der Waals surface area contributed by atoms with E-state index in [0.717, 1.165) is 4.88 Å². The second-order valence-corrected chi connectivity index (χ2v) is 7.70. The third-order valence-electron chi connectivity index (χ3n) is 3.08. The van der Waals surface area contributed by atoms with Gasteiger partial charge in [0.2, 0.25) is 5.89 Å². The van der Waals surface area contributed by atoms with Gasteiger partial charge in [-0.1, -0.05) is 13.8 Å². The minimum absolute atomic E-state index is 0.0689. The van der Waals surface area contributed by atoms with E-state index in [2.05, 4.69) is 21.6 Å². The molecule has 0 atom stereocenters. The molecule has 0 bridgehead atoms. The minimum atomic E-state index is -0.821. The van der Waals surface area contributed by atoms with Crippen LogP contribution >= 0.6 is 22.7 Å². The molecule has 3 aromatic heterocycles. The van der Waals surface area contributed by atoms with Crippen molar-refractivity contribution in [1.82, 2.24) is 10.2 Å². The fourth-order valence-corrected chi connectivity index (χ4v) is 4.21. The molecule has 0 saturated carbocycles. The number of carbonyl (C=O) groups is 1. The Hall–Kier alpha value is -1.73. The van der Waals surface area contributed by atoms with Gasteiger partial charge in [-0.2, -0.15) is 0 Å². The van der Waals surface area contributed by atoms with E-state index in [0.29, 0.717) is 18.2 Å². The van der Waals surface area contributed by atoms with Crippen LogP contribution in [0.15, 0.2) is 21.9 Å². The van der Waals surface area contributed by atoms with Gasteiger partial charge in [0.1, 0.15) is 0 Å². The van der Waals surface area contributed by atoms with Gasteiger partial charge in [0.05, 0.1) is 11.3 Å². The highest BCUT2D eigenvalue weighted by molar-refractivity contribution is 7.28. The summed E-state index contributed by atoms with van der Waals surface area (Å²) in [7, 11) is 0. The van der Waals surface area contributed by atoms with Crippen molar-refractivity contribution in [2.75, 3.05) is 0 Å². The molecule has 1 N–H and O–H groups in total. The molecule has 0 unspecified atom stereocenters. The molecule has 5 nitrogen and oxygen atoms in total. The zero-order valence-electron chi connectivity index (χ0n) is 11.6. The van der Waals surface area contributed by atoms with E-state index in [4.69, 9.17) is 9.52 Å². The number of fused-ring (bicyclic) bond motifs is 1. The highest BCUT2D eigenvalue weighted by Gasteiger charge is 2.25. The normalized spacial score (nSPS) is 12.1. The van der Waals surface area contributed by atoms with Crippen LogP contribution in [0.1, 0.15) is 26.2 Å². The van der Waals surface area contributed by atoms with Gasteiger partial charge >= 0.3 is 5.97 Å². The molecule has 0 saturated heterocycles. The number of nitrogens with zero attached hydrogens (tertiary/aromatic N) is 2. The van der Waals surface area contributed by atoms with E-state index in [1.165, 1.54) is 9.40 Å². The van der Waals surface area contributed by atoms with Gasteiger partial charge in [0.15, 0.2) is 0 Å². The number of hydrogen-bond donors (Lipinski definition) is 1. The standard InChI is InChI=1S/C14H14N2O3S2/c1-14(2,7-12(17)18)6-11-15-16-13(19-11)10-5-9-8(21-10)3-4-20-9/h3-5H,6-7H2,1-2H3,(H,17,18). The molecule has 0 amide bonds. The summed E-state index contributed by atoms with van der Waals surface area (Å²) in [6.45, 7) is 3.76. The molecule has 0 aliphatic rings. The van der Waals surface area contributed by atoms with E-state index in [1.54, 1.807) is 22.7 Å². The highest BCUT2D eigenvalue weighted by atomic mass is 32.1. The molecule has 3 rings (SSSR count). The molecule has 3 heterocycles. The predicted molar refractivity (Wildman–Crippen MR) is 82.7 cm³/mol. The van der Waals surface area contributed by atoms with Crippen molar-refractivity contribution in [1.29, 1.82) is 0 Å². The third kappa shape index (κ3) is 3.14. The lowest BCUT2D eigenvalue weighted by atomic mass is 9.86. The SMILES string of the molecule is CC(C)(CC(=O)O)Cc1nnc(-c2cc3sccc3s2)o1. The number of carboxylic acid groups (broad SMARTS) is 1. The molecule has 0 aromatic carbocycles. The van der Waals surface area contributed by atoms with Crippen LogP contribution in [0.5, 0.6) is 0 Å². The molecule has 110 valence electrons. The Morgan fingerprint density at radius 1 is 1.38 bits per heavy atom. The number of aliphatic carboxylic acids is 1. The summed E-state index contributed by atoms with van der Waals surface area (Å²) in [5, 5.41) is 19.1. The smallest absolute Gasteiger partial charge is 0.303 e. The number of carboxylic acids is 1. The minimum Gasteiger partial charge on any atom is -0.481 e. The van der Waals surface area contributed by atoms with Crippen molar-refractivity contribution in [3.63, 3.8) is 0 Å². The maximum atomic E-state index is 10.8. The summed E-state index contributed by atoms with van der Waals surface area (Å²) in [6, 6.07) is 4.12. The van der Waals surface area contributed by atoms with E-state index >= 15 is 0 Å². The fourth-order valence-electron chi connectivity index (χ4n) is 2.18. The maximum absolute atomic E-state index is 10.8. The van der Waals surface area contributed by atoms with Gasteiger partial charge in [0.25, 0.3) is 5.89 Å². The zero-order valence-corrected chi connectivity index (χ0v) is 13.3. The molecular weight excluding hydrogens is 308 g/mol. The van der Waals surface area contributed by atoms with Gasteiger partial charge in [-0.15, -0.1) is 32.9 Å². The molecule has 0 aliphatic carbocycles. The van der Waals surface area contributed by atoms with Crippen molar-refractivity contribution in [2.24, 2.45) is 5.41 Å². The van der Waals surface area contributed by atoms with Crippen LogP contribution < -0.4 is 0 Å². The second-order valence-electron chi connectivity index (χ2n) is 5.67. The average Bonchev–Trinajstić information content (AvgIpc) is 2.98. The second kappa shape index (κ2) is 5.23. The lowest BCUT2D eigenvalue weighted by molar-refractivity contribution is -0.139. The first-order chi connectivity index (χ1) is 9.93. The largest absolute Gasteiger partial charge is 0.481 e. The van der Waals surface area contributed by atoms with Crippen molar-refractivity contribution < 1.29 is 14.3 Å². The Kier molecular flexibility index (Phi) is 3.54. The van der Waals surface area contributed by atoms with E-state index < -0.39 is 11.4 Å². The van der Waals surface area contributed by atoms with Crippen LogP contribution in [0.3, 0.4) is 0 Å². The number of thiophene rings is 2. The van der Waals surface area contributed by atoms with Crippen molar-refractivity contribution in [3.8, 4) is 10.8 Å². The third-order valence-corrected chi connectivity index (χ3v) is 5.16. The van der Waals surface area contributed by atoms with Gasteiger partial charge < -0.3 is 9.52 Å². The Morgan fingerprint density at radius 2 is 2.19 bits per heavy atom. The first kappa shape index (κ1) is 14.2. The average molecular weight is 322 g/mol. The molecule has 3 aromatic rings. The molecule has 7 heteroatoms. The summed E-state index contributed by atoms with van der Waals surface area (Å²) < 4.78 is 8.10. The van der Waals surface area contributed by atoms with Gasteiger partial charge in [-0.3, -0.25) is 4.79 Å². The van der Waals surface area contributed by atoms with Crippen molar-refractivity contribution in [2.45, 2.75) is 26.7 Å². The monoisotopic (exact) mass is 322 g/mol. The number of aromatic nitrogens is 2. The molecule has 0 radical (unpaired) electrons. The van der Waals surface area contributed by atoms with E-state index in [-0.39, 0.29) is 6.42 Å². The Balaban J connectivity index is 1.80. The van der Waals surface area contributed by atoms with Crippen LogP contribution in [-0.2, 0) is 11.2 Å². The molecule has 21 heavy (non-hydrogen) atoms. The summed E-state index contributed by atoms with van der Waals surface area (Å²) in [4.78, 5) is 11.8. The first-order valence-electron chi connectivity index (χ1n) is 6.44. The van der Waals surface area contributed by atoms with Crippen molar-refractivity contribution >= 4 is 38.0 Å². The van der Waals surface area contributed by atoms with Gasteiger partial charge in [-0.05, 0) is 22.9 Å². The Labute approximate surface area is 129 Å². The number of hydrogen-bond acceptors (Lipinski definition) is 6. The van der Waals surface area contributed by atoms with Crippen LogP contribution in [0, 0.1) is 5.41 Å². The van der Waals surface area contributed by atoms with Crippen LogP contribution in [0.25, 0.3) is 20.2 Å². The van der Waals surface area contributed by atoms with Gasteiger partial charge in [0, 0.05) is 15.8 Å². The lowest BCUT2D eigenvalue weighted by Gasteiger charge is -2.19. The maximum Gasteiger partial charge on any atom is 0.303 e. The van der Waals surface area contributed by atoms with Crippen molar-refractivity contribution in [3.05, 3.63) is 23.4 Å². The van der Waals surface area contributed by atoms with Crippen LogP contribution in [0.4, 0.5) is 0 Å². The molecule has 0 aliphatic heterocycles. The summed E-state index contributed by atoms with van der Waals surface area (Å²) in [5.41, 5.74) is -0.411. The molecule has 0 fully saturated rings. The quantitative estimate of drug-likeness (QED) is 0.766. The fraction of sp³-hybridized carbons (Fsp3) is 0.357. The molecule has 0 spiro atoms. The highest BCUT2D eigenvalue weighted by Crippen LogP contribution is 2.36. The summed E-state index contributed by atoms with van der Waals surface area (Å²) in [5.74, 6) is 0.163. The van der Waals surface area contributed by atoms with E-state index in [9.17, 15) is 4.79 Å². The van der Waals surface area contributed by atoms with Gasteiger partial charge in [-0.25, -0.2) is 0 Å². The predicted octanol–water partition coefficient (Wildman–Crippen LogP) is 4.06. The van der Waals surface area contributed by atoms with E-state index in [1.807, 2.05) is 19.9 Å². The summed E-state index contributed by atoms with van der Waals surface area (Å²) >= 11 is 3.30.